The molecule has 0 bridgehead atoms. The molecule has 1 amide bonds. The lowest BCUT2D eigenvalue weighted by Gasteiger charge is -2.31. The van der Waals surface area contributed by atoms with Crippen LogP contribution in [0.3, 0.4) is 0 Å². The van der Waals surface area contributed by atoms with Crippen molar-refractivity contribution in [2.45, 2.75) is 31.6 Å². The number of aryl methyl sites for hydroxylation is 2. The van der Waals surface area contributed by atoms with Gasteiger partial charge in [0, 0.05) is 30.6 Å². The molecule has 1 fully saturated rings. The summed E-state index contributed by atoms with van der Waals surface area (Å²) >= 11 is 1.29. The van der Waals surface area contributed by atoms with E-state index in [2.05, 4.69) is 15.5 Å². The van der Waals surface area contributed by atoms with Gasteiger partial charge in [-0.25, -0.2) is 8.42 Å². The zero-order valence-electron chi connectivity index (χ0n) is 17.5. The maximum absolute atomic E-state index is 13.4. The van der Waals surface area contributed by atoms with Crippen molar-refractivity contribution in [2.24, 2.45) is 5.92 Å². The van der Waals surface area contributed by atoms with Gasteiger partial charge in [0.05, 0.1) is 27.3 Å². The summed E-state index contributed by atoms with van der Waals surface area (Å²) in [5.74, 6) is 0.0146. The van der Waals surface area contributed by atoms with Crippen molar-refractivity contribution in [3.05, 3.63) is 46.7 Å². The molecule has 0 radical (unpaired) electrons. The Labute approximate surface area is 189 Å². The second-order valence-electron chi connectivity index (χ2n) is 7.55. The minimum absolute atomic E-state index is 0.0953. The zero-order chi connectivity index (χ0) is 22.9. The van der Waals surface area contributed by atoms with Gasteiger partial charge in [0.2, 0.25) is 27.6 Å². The highest BCUT2D eigenvalue weighted by Gasteiger charge is 2.35. The number of nitrogens with zero attached hydrogens (tertiary/aromatic N) is 4. The Bertz CT molecular complexity index is 1310. The Morgan fingerprint density at radius 2 is 2.16 bits per heavy atom. The lowest BCUT2D eigenvalue weighted by molar-refractivity contribution is -0.120. The monoisotopic (exact) mass is 471 g/mol. The SMILES string of the molecule is Cc1nc(-c2cc(S(=O)(=O)N3CCC[C@H](C(=O)Nc4cccc(C#N)c4)C3)c(C)s2)no1. The predicted molar refractivity (Wildman–Crippen MR) is 118 cm³/mol. The fourth-order valence-corrected chi connectivity index (χ4v) is 6.67. The van der Waals surface area contributed by atoms with Gasteiger partial charge >= 0.3 is 0 Å². The number of amides is 1. The molecule has 3 heterocycles. The predicted octanol–water partition coefficient (Wildman–Crippen LogP) is 3.33. The van der Waals surface area contributed by atoms with Crippen molar-refractivity contribution in [2.75, 3.05) is 18.4 Å². The maximum Gasteiger partial charge on any atom is 0.244 e. The largest absolute Gasteiger partial charge is 0.339 e. The molecular weight excluding hydrogens is 450 g/mol. The first-order valence-electron chi connectivity index (χ1n) is 10.00. The first-order valence-corrected chi connectivity index (χ1v) is 12.3. The summed E-state index contributed by atoms with van der Waals surface area (Å²) in [5.41, 5.74) is 0.957. The number of nitriles is 1. The highest BCUT2D eigenvalue weighted by atomic mass is 32.2. The number of carbonyl (C=O) groups excluding carboxylic acids is 1. The lowest BCUT2D eigenvalue weighted by Crippen LogP contribution is -2.43. The van der Waals surface area contributed by atoms with Crippen LogP contribution in [0.5, 0.6) is 0 Å². The van der Waals surface area contributed by atoms with E-state index in [9.17, 15) is 13.2 Å². The van der Waals surface area contributed by atoms with Crippen molar-refractivity contribution in [3.63, 3.8) is 0 Å². The lowest BCUT2D eigenvalue weighted by atomic mass is 9.98. The van der Waals surface area contributed by atoms with Crippen molar-refractivity contribution >= 4 is 33.0 Å². The van der Waals surface area contributed by atoms with Crippen LogP contribution in [0.2, 0.25) is 0 Å². The van der Waals surface area contributed by atoms with E-state index in [1.165, 1.54) is 15.6 Å². The van der Waals surface area contributed by atoms with Crippen LogP contribution in [-0.4, -0.2) is 41.9 Å². The molecular formula is C21H21N5O4S2. The van der Waals surface area contributed by atoms with Crippen LogP contribution >= 0.6 is 11.3 Å². The fourth-order valence-electron chi connectivity index (χ4n) is 3.66. The number of thiophene rings is 1. The molecule has 1 aliphatic heterocycles. The number of carbonyl (C=O) groups is 1. The quantitative estimate of drug-likeness (QED) is 0.604. The molecule has 1 N–H and O–H groups in total. The Kier molecular flexibility index (Phi) is 6.10. The molecule has 11 heteroatoms. The smallest absolute Gasteiger partial charge is 0.244 e. The van der Waals surface area contributed by atoms with Gasteiger partial charge in [-0.2, -0.15) is 14.6 Å². The van der Waals surface area contributed by atoms with Crippen molar-refractivity contribution in [1.29, 1.82) is 5.26 Å². The van der Waals surface area contributed by atoms with E-state index in [0.29, 0.717) is 52.1 Å². The Morgan fingerprint density at radius 1 is 1.34 bits per heavy atom. The number of anilines is 1. The van der Waals surface area contributed by atoms with Crippen LogP contribution in [0.4, 0.5) is 5.69 Å². The first kappa shape index (κ1) is 22.1. The van der Waals surface area contributed by atoms with Crippen LogP contribution in [0, 0.1) is 31.1 Å². The van der Waals surface area contributed by atoms with Crippen molar-refractivity contribution in [1.82, 2.24) is 14.4 Å². The van der Waals surface area contributed by atoms with Crippen molar-refractivity contribution in [3.8, 4) is 16.8 Å². The Hall–Kier alpha value is -3.07. The second-order valence-corrected chi connectivity index (χ2v) is 10.7. The van der Waals surface area contributed by atoms with E-state index >= 15 is 0 Å². The normalized spacial score (nSPS) is 17.1. The van der Waals surface area contributed by atoms with Gasteiger partial charge in [-0.1, -0.05) is 11.2 Å². The van der Waals surface area contributed by atoms with E-state index < -0.39 is 15.9 Å². The van der Waals surface area contributed by atoms with Gasteiger partial charge in [0.1, 0.15) is 0 Å². The fraction of sp³-hybridized carbons (Fsp3) is 0.333. The molecule has 166 valence electrons. The molecule has 32 heavy (non-hydrogen) atoms. The van der Waals surface area contributed by atoms with Gasteiger partial charge in [0.15, 0.2) is 0 Å². The summed E-state index contributed by atoms with van der Waals surface area (Å²) in [7, 11) is -3.79. The van der Waals surface area contributed by atoms with E-state index in [4.69, 9.17) is 9.78 Å². The summed E-state index contributed by atoms with van der Waals surface area (Å²) in [6.07, 6.45) is 1.17. The van der Waals surface area contributed by atoms with Gasteiger partial charge in [0.25, 0.3) is 0 Å². The van der Waals surface area contributed by atoms with Gasteiger partial charge < -0.3 is 9.84 Å². The molecule has 0 saturated carbocycles. The number of benzene rings is 1. The maximum atomic E-state index is 13.4. The zero-order valence-corrected chi connectivity index (χ0v) is 19.2. The summed E-state index contributed by atoms with van der Waals surface area (Å²) < 4.78 is 33.1. The number of nitrogens with one attached hydrogen (secondary N) is 1. The molecule has 0 unspecified atom stereocenters. The third-order valence-corrected chi connectivity index (χ3v) is 8.42. The molecule has 1 aliphatic rings. The third kappa shape index (κ3) is 4.43. The molecule has 9 nitrogen and oxygen atoms in total. The van der Waals surface area contributed by atoms with E-state index in [-0.39, 0.29) is 17.3 Å². The molecule has 1 atom stereocenters. The first-order chi connectivity index (χ1) is 15.3. The van der Waals surface area contributed by atoms with Crippen LogP contribution in [-0.2, 0) is 14.8 Å². The molecule has 3 aromatic rings. The summed E-state index contributed by atoms with van der Waals surface area (Å²) in [4.78, 5) is 18.4. The second kappa shape index (κ2) is 8.82. The van der Waals surface area contributed by atoms with Gasteiger partial charge in [-0.05, 0) is 44.0 Å². The average molecular weight is 472 g/mol. The number of aromatic nitrogens is 2. The van der Waals surface area contributed by atoms with Crippen LogP contribution in [0.25, 0.3) is 10.7 Å². The average Bonchev–Trinajstić information content (AvgIpc) is 3.39. The minimum atomic E-state index is -3.79. The van der Waals surface area contributed by atoms with Gasteiger partial charge in [-0.3, -0.25) is 4.79 Å². The van der Waals surface area contributed by atoms with Gasteiger partial charge in [-0.15, -0.1) is 11.3 Å². The topological polar surface area (TPSA) is 129 Å². The third-order valence-electron chi connectivity index (χ3n) is 5.25. The molecule has 2 aromatic heterocycles. The number of hydrogen-bond acceptors (Lipinski definition) is 8. The molecule has 0 spiro atoms. The summed E-state index contributed by atoms with van der Waals surface area (Å²) in [6, 6.07) is 10.2. The number of sulfonamides is 1. The van der Waals surface area contributed by atoms with Crippen LogP contribution < -0.4 is 5.32 Å². The summed E-state index contributed by atoms with van der Waals surface area (Å²) in [6.45, 7) is 3.86. The standard InChI is InChI=1S/C21H21N5O4S2/c1-13-19(10-18(31-13)20-23-14(2)30-25-20)32(28,29)26-8-4-6-16(12-26)21(27)24-17-7-3-5-15(9-17)11-22/h3,5,7,9-10,16H,4,6,8,12H2,1-2H3,(H,24,27)/t16-/m0/s1. The molecule has 0 aliphatic carbocycles. The number of rotatable bonds is 5. The highest BCUT2D eigenvalue weighted by molar-refractivity contribution is 7.89. The minimum Gasteiger partial charge on any atom is -0.339 e. The summed E-state index contributed by atoms with van der Waals surface area (Å²) in [5, 5.41) is 15.7. The van der Waals surface area contributed by atoms with E-state index in [1.54, 1.807) is 44.2 Å². The number of piperidine rings is 1. The van der Waals surface area contributed by atoms with Crippen LogP contribution in [0.15, 0.2) is 39.8 Å². The van der Waals surface area contributed by atoms with E-state index in [1.807, 2.05) is 6.07 Å². The van der Waals surface area contributed by atoms with E-state index in [0.717, 1.165) is 0 Å². The molecule has 4 rings (SSSR count). The Morgan fingerprint density at radius 3 is 2.88 bits per heavy atom. The Balaban J connectivity index is 1.51. The number of hydrogen-bond donors (Lipinski definition) is 1. The molecule has 1 aromatic carbocycles. The van der Waals surface area contributed by atoms with Crippen LogP contribution in [0.1, 0.15) is 29.2 Å². The van der Waals surface area contributed by atoms with Crippen molar-refractivity contribution < 1.29 is 17.7 Å². The highest BCUT2D eigenvalue weighted by Crippen LogP contribution is 2.35. The molecule has 1 saturated heterocycles.